The summed E-state index contributed by atoms with van der Waals surface area (Å²) in [6.07, 6.45) is 0.164. The fourth-order valence-corrected chi connectivity index (χ4v) is 1.38. The first-order valence-corrected chi connectivity index (χ1v) is 4.13. The van der Waals surface area contributed by atoms with Crippen LogP contribution < -0.4 is 0 Å². The summed E-state index contributed by atoms with van der Waals surface area (Å²) >= 11 is 0. The fourth-order valence-electron chi connectivity index (χ4n) is 1.38. The van der Waals surface area contributed by atoms with Gasteiger partial charge in [0.2, 0.25) is 0 Å². The molecule has 0 aromatic rings. The minimum atomic E-state index is -0.974. The van der Waals surface area contributed by atoms with Gasteiger partial charge in [-0.15, -0.1) is 0 Å². The van der Waals surface area contributed by atoms with E-state index in [-0.39, 0.29) is 18.9 Å². The second-order valence-corrected chi connectivity index (χ2v) is 3.07. The molecule has 2 unspecified atom stereocenters. The van der Waals surface area contributed by atoms with E-state index < -0.39 is 12.1 Å². The third kappa shape index (κ3) is 2.77. The molecule has 1 N–H and O–H groups in total. The number of carboxylic acids is 1. The second kappa shape index (κ2) is 4.40. The average Bonchev–Trinajstić information content (AvgIpc) is 2.03. The molecule has 1 aliphatic heterocycles. The number of hydrogen-bond donors (Lipinski definition) is 1. The third-order valence-electron chi connectivity index (χ3n) is 2.15. The molecule has 0 bridgehead atoms. The average molecular weight is 176 g/mol. The van der Waals surface area contributed by atoms with Gasteiger partial charge in [0.15, 0.2) is 0 Å². The molecule has 1 aliphatic rings. The van der Waals surface area contributed by atoms with Crippen molar-refractivity contribution < 1.29 is 19.0 Å². The van der Waals surface area contributed by atoms with E-state index in [4.69, 9.17) is 9.84 Å². The summed E-state index contributed by atoms with van der Waals surface area (Å²) < 4.78 is 17.9. The Kier molecular flexibility index (Phi) is 3.47. The molecule has 4 heteroatoms. The van der Waals surface area contributed by atoms with Gasteiger partial charge >= 0.3 is 5.97 Å². The predicted octanol–water partition coefficient (Wildman–Crippen LogP) is 1.23. The summed E-state index contributed by atoms with van der Waals surface area (Å²) in [6.45, 7) is 0.689. The number of aliphatic carboxylic acids is 1. The Balaban J connectivity index is 2.24. The zero-order valence-corrected chi connectivity index (χ0v) is 6.83. The van der Waals surface area contributed by atoms with Crippen LogP contribution in [-0.2, 0) is 9.53 Å². The lowest BCUT2D eigenvalue weighted by Gasteiger charge is -2.25. The van der Waals surface area contributed by atoms with E-state index in [1.54, 1.807) is 0 Å². The van der Waals surface area contributed by atoms with Crippen molar-refractivity contribution in [2.24, 2.45) is 5.92 Å². The van der Waals surface area contributed by atoms with Crippen LogP contribution >= 0.6 is 0 Å². The van der Waals surface area contributed by atoms with Crippen LogP contribution in [0.3, 0.4) is 0 Å². The molecule has 0 aliphatic carbocycles. The summed E-state index contributed by atoms with van der Waals surface area (Å²) in [7, 11) is 0. The molecule has 1 fully saturated rings. The summed E-state index contributed by atoms with van der Waals surface area (Å²) in [4.78, 5) is 10.2. The van der Waals surface area contributed by atoms with Crippen LogP contribution in [-0.4, -0.2) is 30.5 Å². The van der Waals surface area contributed by atoms with Gasteiger partial charge in [-0.05, 0) is 18.8 Å². The molecule has 3 nitrogen and oxygen atoms in total. The smallest absolute Gasteiger partial charge is 0.303 e. The highest BCUT2D eigenvalue weighted by Gasteiger charge is 2.25. The number of carboxylic acid groups (broad SMARTS) is 1. The first kappa shape index (κ1) is 9.45. The molecule has 0 amide bonds. The highest BCUT2D eigenvalue weighted by molar-refractivity contribution is 5.66. The van der Waals surface area contributed by atoms with E-state index in [1.807, 2.05) is 0 Å². The van der Waals surface area contributed by atoms with Crippen molar-refractivity contribution in [3.05, 3.63) is 0 Å². The Labute approximate surface area is 70.5 Å². The van der Waals surface area contributed by atoms with Gasteiger partial charge in [-0.2, -0.15) is 0 Å². The molecule has 12 heavy (non-hydrogen) atoms. The lowest BCUT2D eigenvalue weighted by molar-refractivity contribution is -0.137. The molecule has 2 atom stereocenters. The van der Waals surface area contributed by atoms with Gasteiger partial charge in [0.25, 0.3) is 0 Å². The molecule has 0 radical (unpaired) electrons. The summed E-state index contributed by atoms with van der Waals surface area (Å²) in [5.41, 5.74) is 0. The van der Waals surface area contributed by atoms with Gasteiger partial charge in [-0.3, -0.25) is 4.79 Å². The number of alkyl halides is 1. The lowest BCUT2D eigenvalue weighted by Crippen LogP contribution is -2.29. The van der Waals surface area contributed by atoms with E-state index in [0.717, 1.165) is 0 Å². The van der Waals surface area contributed by atoms with Crippen molar-refractivity contribution in [3.8, 4) is 0 Å². The van der Waals surface area contributed by atoms with Crippen molar-refractivity contribution in [1.29, 1.82) is 0 Å². The van der Waals surface area contributed by atoms with Gasteiger partial charge in [0, 0.05) is 13.0 Å². The maximum Gasteiger partial charge on any atom is 0.303 e. The molecule has 1 heterocycles. The molecule has 0 saturated carbocycles. The molecule has 70 valence electrons. The van der Waals surface area contributed by atoms with Crippen LogP contribution in [0.4, 0.5) is 4.39 Å². The maximum atomic E-state index is 13.0. The molecular formula is C8H13FO3. The molecule has 1 rings (SSSR count). The van der Waals surface area contributed by atoms with Crippen LogP contribution in [0.25, 0.3) is 0 Å². The van der Waals surface area contributed by atoms with E-state index in [2.05, 4.69) is 0 Å². The zero-order chi connectivity index (χ0) is 8.97. The largest absolute Gasteiger partial charge is 0.481 e. The minimum Gasteiger partial charge on any atom is -0.481 e. The number of hydrogen-bond acceptors (Lipinski definition) is 2. The van der Waals surface area contributed by atoms with E-state index in [0.29, 0.717) is 19.4 Å². The van der Waals surface area contributed by atoms with Crippen LogP contribution in [0.15, 0.2) is 0 Å². The third-order valence-corrected chi connectivity index (χ3v) is 2.15. The maximum absolute atomic E-state index is 13.0. The van der Waals surface area contributed by atoms with Crippen molar-refractivity contribution in [2.75, 3.05) is 13.2 Å². The fraction of sp³-hybridized carbons (Fsp3) is 0.875. The molecule has 0 aromatic carbocycles. The van der Waals surface area contributed by atoms with Gasteiger partial charge in [-0.25, -0.2) is 4.39 Å². The highest BCUT2D eigenvalue weighted by Crippen LogP contribution is 2.22. The standard InChI is InChI=1S/C8H13FO3/c9-7-5-12-4-3-6(7)1-2-8(10)11/h6-7H,1-5H2,(H,10,11). The molecule has 1 saturated heterocycles. The number of rotatable bonds is 3. The van der Waals surface area contributed by atoms with Crippen molar-refractivity contribution in [2.45, 2.75) is 25.4 Å². The first-order chi connectivity index (χ1) is 5.70. The Morgan fingerprint density at radius 1 is 1.67 bits per heavy atom. The van der Waals surface area contributed by atoms with Gasteiger partial charge < -0.3 is 9.84 Å². The topological polar surface area (TPSA) is 46.5 Å². The second-order valence-electron chi connectivity index (χ2n) is 3.07. The Morgan fingerprint density at radius 3 is 3.00 bits per heavy atom. The number of carbonyl (C=O) groups is 1. The summed E-state index contributed by atoms with van der Waals surface area (Å²) in [5, 5.41) is 8.38. The zero-order valence-electron chi connectivity index (χ0n) is 6.83. The Hall–Kier alpha value is -0.640. The molecular weight excluding hydrogens is 163 g/mol. The Bertz CT molecular complexity index is 160. The van der Waals surface area contributed by atoms with E-state index in [1.165, 1.54) is 0 Å². The van der Waals surface area contributed by atoms with Gasteiger partial charge in [0.05, 0.1) is 6.61 Å². The normalized spacial score (nSPS) is 30.1. The Morgan fingerprint density at radius 2 is 2.42 bits per heavy atom. The predicted molar refractivity (Wildman–Crippen MR) is 40.7 cm³/mol. The lowest BCUT2D eigenvalue weighted by atomic mass is 9.93. The highest BCUT2D eigenvalue weighted by atomic mass is 19.1. The van der Waals surface area contributed by atoms with Crippen LogP contribution in [0, 0.1) is 5.92 Å². The first-order valence-electron chi connectivity index (χ1n) is 4.13. The van der Waals surface area contributed by atoms with Crippen LogP contribution in [0.5, 0.6) is 0 Å². The van der Waals surface area contributed by atoms with Gasteiger partial charge in [-0.1, -0.05) is 0 Å². The van der Waals surface area contributed by atoms with E-state index >= 15 is 0 Å². The number of ether oxygens (including phenoxy) is 1. The van der Waals surface area contributed by atoms with Crippen LogP contribution in [0.1, 0.15) is 19.3 Å². The summed E-state index contributed by atoms with van der Waals surface area (Å²) in [6, 6.07) is 0. The molecule has 0 spiro atoms. The van der Waals surface area contributed by atoms with Crippen molar-refractivity contribution >= 4 is 5.97 Å². The molecule has 0 aromatic heterocycles. The minimum absolute atomic E-state index is 0.0606. The summed E-state index contributed by atoms with van der Waals surface area (Å²) in [5.74, 6) is -0.969. The SMILES string of the molecule is O=C(O)CCC1CCOCC1F. The van der Waals surface area contributed by atoms with Gasteiger partial charge in [0.1, 0.15) is 6.17 Å². The number of halogens is 1. The van der Waals surface area contributed by atoms with Crippen molar-refractivity contribution in [1.82, 2.24) is 0 Å². The monoisotopic (exact) mass is 176 g/mol. The van der Waals surface area contributed by atoms with E-state index in [9.17, 15) is 9.18 Å². The van der Waals surface area contributed by atoms with Crippen LogP contribution in [0.2, 0.25) is 0 Å². The quantitative estimate of drug-likeness (QED) is 0.703. The van der Waals surface area contributed by atoms with Crippen molar-refractivity contribution in [3.63, 3.8) is 0 Å².